The molecule has 1 atom stereocenters. The number of esters is 1. The lowest BCUT2D eigenvalue weighted by atomic mass is 9.98. The summed E-state index contributed by atoms with van der Waals surface area (Å²) in [6.07, 6.45) is 0.0417. The molecule has 5 nitrogen and oxygen atoms in total. The Morgan fingerprint density at radius 2 is 2.22 bits per heavy atom. The number of amides is 1. The monoisotopic (exact) mass is 317 g/mol. The molecule has 0 radical (unpaired) electrons. The number of rotatable bonds is 5. The Balaban J connectivity index is 1.88. The molecule has 5 heteroatoms. The Hall–Kier alpha value is -2.30. The van der Waals surface area contributed by atoms with Crippen molar-refractivity contribution in [1.82, 2.24) is 0 Å². The number of ether oxygens (including phenoxy) is 2. The van der Waals surface area contributed by atoms with Crippen LogP contribution in [-0.2, 0) is 14.3 Å². The van der Waals surface area contributed by atoms with Gasteiger partial charge in [0.05, 0.1) is 18.9 Å². The Morgan fingerprint density at radius 1 is 1.48 bits per heavy atom. The Labute approximate surface area is 136 Å². The molecule has 1 aliphatic heterocycles. The van der Waals surface area contributed by atoms with Crippen LogP contribution in [-0.4, -0.2) is 25.3 Å². The molecule has 0 bridgehead atoms. The van der Waals surface area contributed by atoms with Crippen molar-refractivity contribution in [2.45, 2.75) is 33.1 Å². The van der Waals surface area contributed by atoms with Gasteiger partial charge in [0.2, 0.25) is 0 Å². The topological polar surface area (TPSA) is 64.6 Å². The van der Waals surface area contributed by atoms with Gasteiger partial charge in [-0.3, -0.25) is 5.32 Å². The van der Waals surface area contributed by atoms with Crippen LogP contribution in [0.1, 0.15) is 37.3 Å². The lowest BCUT2D eigenvalue weighted by molar-refractivity contribution is -0.135. The van der Waals surface area contributed by atoms with E-state index in [1.165, 1.54) is 0 Å². The van der Waals surface area contributed by atoms with Crippen LogP contribution in [0.25, 0.3) is 0 Å². The standard InChI is InChI=1S/C18H23NO4/c1-11(2)15-7-5-6-12(3)16(15)19-18(21)22-9-8-14-10-23-17(20)13(14)4/h5-7,11,14H,4,8-10H2,1-3H3,(H,19,21)/t14-/m1/s1. The van der Waals surface area contributed by atoms with Crippen molar-refractivity contribution in [3.8, 4) is 0 Å². The van der Waals surface area contributed by atoms with Crippen molar-refractivity contribution in [3.63, 3.8) is 0 Å². The van der Waals surface area contributed by atoms with Gasteiger partial charge < -0.3 is 9.47 Å². The molecule has 1 aromatic rings. The van der Waals surface area contributed by atoms with Crippen LogP contribution < -0.4 is 5.32 Å². The number of hydrogen-bond acceptors (Lipinski definition) is 4. The number of cyclic esters (lactones) is 1. The first-order valence-corrected chi connectivity index (χ1v) is 7.79. The van der Waals surface area contributed by atoms with Crippen molar-refractivity contribution in [2.24, 2.45) is 5.92 Å². The van der Waals surface area contributed by atoms with E-state index in [9.17, 15) is 9.59 Å². The third kappa shape index (κ3) is 4.12. The summed E-state index contributed by atoms with van der Waals surface area (Å²) in [5, 5.41) is 2.82. The van der Waals surface area contributed by atoms with E-state index in [1.807, 2.05) is 25.1 Å². The number of nitrogens with one attached hydrogen (secondary N) is 1. The number of aryl methyl sites for hydroxylation is 1. The average Bonchev–Trinajstić information content (AvgIpc) is 2.81. The average molecular weight is 317 g/mol. The maximum atomic E-state index is 12.0. The summed E-state index contributed by atoms with van der Waals surface area (Å²) in [4.78, 5) is 23.2. The van der Waals surface area contributed by atoms with Crippen LogP contribution in [0, 0.1) is 12.8 Å². The summed E-state index contributed by atoms with van der Waals surface area (Å²) in [6, 6.07) is 5.93. The zero-order valence-electron chi connectivity index (χ0n) is 13.8. The molecule has 1 N–H and O–H groups in total. The number of benzene rings is 1. The van der Waals surface area contributed by atoms with E-state index < -0.39 is 6.09 Å². The highest BCUT2D eigenvalue weighted by molar-refractivity contribution is 5.90. The molecule has 1 amide bonds. The smallest absolute Gasteiger partial charge is 0.411 e. The van der Waals surface area contributed by atoms with Crippen LogP contribution >= 0.6 is 0 Å². The van der Waals surface area contributed by atoms with Gasteiger partial charge in [0.15, 0.2) is 0 Å². The van der Waals surface area contributed by atoms with Crippen LogP contribution in [0.5, 0.6) is 0 Å². The Morgan fingerprint density at radius 3 is 2.83 bits per heavy atom. The molecule has 23 heavy (non-hydrogen) atoms. The third-order valence-corrected chi connectivity index (χ3v) is 4.02. The van der Waals surface area contributed by atoms with Crippen molar-refractivity contribution in [2.75, 3.05) is 18.5 Å². The minimum atomic E-state index is -0.489. The van der Waals surface area contributed by atoms with E-state index in [-0.39, 0.29) is 18.5 Å². The third-order valence-electron chi connectivity index (χ3n) is 4.02. The highest BCUT2D eigenvalue weighted by atomic mass is 16.6. The second-order valence-corrected chi connectivity index (χ2v) is 6.06. The zero-order valence-corrected chi connectivity index (χ0v) is 13.8. The van der Waals surface area contributed by atoms with Crippen molar-refractivity contribution < 1.29 is 19.1 Å². The largest absolute Gasteiger partial charge is 0.462 e. The van der Waals surface area contributed by atoms with E-state index >= 15 is 0 Å². The van der Waals surface area contributed by atoms with Crippen LogP contribution in [0.4, 0.5) is 10.5 Å². The van der Waals surface area contributed by atoms with Gasteiger partial charge in [0.1, 0.15) is 0 Å². The zero-order chi connectivity index (χ0) is 17.0. The van der Waals surface area contributed by atoms with Gasteiger partial charge in [-0.25, -0.2) is 9.59 Å². The molecule has 0 spiro atoms. The van der Waals surface area contributed by atoms with E-state index in [1.54, 1.807) is 0 Å². The number of carbonyl (C=O) groups is 2. The molecule has 0 unspecified atom stereocenters. The summed E-state index contributed by atoms with van der Waals surface area (Å²) >= 11 is 0. The van der Waals surface area contributed by atoms with Crippen LogP contribution in [0.3, 0.4) is 0 Å². The second-order valence-electron chi connectivity index (χ2n) is 6.06. The first-order chi connectivity index (χ1) is 10.9. The number of hydrogen-bond donors (Lipinski definition) is 1. The van der Waals surface area contributed by atoms with Gasteiger partial charge in [0, 0.05) is 11.5 Å². The molecule has 1 heterocycles. The number of para-hydroxylation sites is 1. The molecular weight excluding hydrogens is 294 g/mol. The lowest BCUT2D eigenvalue weighted by Gasteiger charge is -2.16. The highest BCUT2D eigenvalue weighted by Crippen LogP contribution is 2.27. The molecule has 0 aliphatic carbocycles. The minimum Gasteiger partial charge on any atom is -0.462 e. The molecule has 1 aromatic carbocycles. The number of carbonyl (C=O) groups excluding carboxylic acids is 2. The van der Waals surface area contributed by atoms with E-state index in [2.05, 4.69) is 25.7 Å². The Bertz CT molecular complexity index is 621. The molecule has 1 saturated heterocycles. The summed E-state index contributed by atoms with van der Waals surface area (Å²) in [5.74, 6) is -0.129. The van der Waals surface area contributed by atoms with Gasteiger partial charge in [-0.15, -0.1) is 0 Å². The van der Waals surface area contributed by atoms with Crippen LogP contribution in [0.15, 0.2) is 30.4 Å². The molecule has 124 valence electrons. The molecule has 0 saturated carbocycles. The van der Waals surface area contributed by atoms with Crippen molar-refractivity contribution >= 4 is 17.7 Å². The minimum absolute atomic E-state index is 0.0695. The summed E-state index contributed by atoms with van der Waals surface area (Å²) < 4.78 is 10.1. The van der Waals surface area contributed by atoms with Gasteiger partial charge in [-0.2, -0.15) is 0 Å². The van der Waals surface area contributed by atoms with Gasteiger partial charge in [-0.1, -0.05) is 38.6 Å². The summed E-state index contributed by atoms with van der Waals surface area (Å²) in [7, 11) is 0. The SMILES string of the molecule is C=C1C(=O)OC[C@H]1CCOC(=O)Nc1c(C)cccc1C(C)C. The summed E-state index contributed by atoms with van der Waals surface area (Å²) in [5.41, 5.74) is 3.33. The van der Waals surface area contributed by atoms with Crippen molar-refractivity contribution in [1.29, 1.82) is 0 Å². The first-order valence-electron chi connectivity index (χ1n) is 7.79. The van der Waals surface area contributed by atoms with Gasteiger partial charge >= 0.3 is 12.1 Å². The maximum absolute atomic E-state index is 12.0. The fourth-order valence-corrected chi connectivity index (χ4v) is 2.57. The number of anilines is 1. The quantitative estimate of drug-likeness (QED) is 0.663. The fraction of sp³-hybridized carbons (Fsp3) is 0.444. The van der Waals surface area contributed by atoms with Crippen molar-refractivity contribution in [3.05, 3.63) is 41.5 Å². The summed E-state index contributed by atoms with van der Waals surface area (Å²) in [6.45, 7) is 10.3. The first kappa shape index (κ1) is 17.1. The van der Waals surface area contributed by atoms with E-state index in [4.69, 9.17) is 9.47 Å². The van der Waals surface area contributed by atoms with E-state index in [0.717, 1.165) is 16.8 Å². The molecular formula is C18H23NO4. The normalized spacial score (nSPS) is 17.3. The molecule has 2 rings (SSSR count). The van der Waals surface area contributed by atoms with E-state index in [0.29, 0.717) is 24.5 Å². The Kier molecular flexibility index (Phi) is 5.42. The second kappa shape index (κ2) is 7.31. The molecule has 0 aromatic heterocycles. The molecule has 1 aliphatic rings. The lowest BCUT2D eigenvalue weighted by Crippen LogP contribution is -2.18. The van der Waals surface area contributed by atoms with Crippen LogP contribution in [0.2, 0.25) is 0 Å². The predicted octanol–water partition coefficient (Wildman–Crippen LogP) is 3.79. The molecule has 1 fully saturated rings. The maximum Gasteiger partial charge on any atom is 0.411 e. The highest BCUT2D eigenvalue weighted by Gasteiger charge is 2.28. The fourth-order valence-electron chi connectivity index (χ4n) is 2.57. The van der Waals surface area contributed by atoms with Gasteiger partial charge in [-0.05, 0) is 30.4 Å². The van der Waals surface area contributed by atoms with Gasteiger partial charge in [0.25, 0.3) is 0 Å². The predicted molar refractivity (Wildman–Crippen MR) is 88.4 cm³/mol.